The van der Waals surface area contributed by atoms with E-state index in [1.165, 1.54) is 0 Å². The number of hydrogen-bond acceptors (Lipinski definition) is 2. The summed E-state index contributed by atoms with van der Waals surface area (Å²) >= 11 is 0. The first-order valence-electron chi connectivity index (χ1n) is 3.20. The molecule has 0 spiro atoms. The monoisotopic (exact) mass is 128 g/mol. The van der Waals surface area contributed by atoms with Gasteiger partial charge < -0.3 is 4.74 Å². The van der Waals surface area contributed by atoms with Crippen LogP contribution in [0, 0.1) is 11.3 Å². The van der Waals surface area contributed by atoms with E-state index in [1.807, 2.05) is 0 Å². The van der Waals surface area contributed by atoms with Crippen molar-refractivity contribution in [1.29, 1.82) is 0 Å². The third-order valence-electron chi connectivity index (χ3n) is 2.45. The fourth-order valence-electron chi connectivity index (χ4n) is 1.19. The van der Waals surface area contributed by atoms with Gasteiger partial charge in [-0.25, -0.2) is 0 Å². The van der Waals surface area contributed by atoms with E-state index in [0.717, 1.165) is 0 Å². The standard InChI is InChI=1S/C7H12O2/c1-5-6(9-4-8)7(5,2)3/h4-6H,1-3H3. The van der Waals surface area contributed by atoms with E-state index < -0.39 is 0 Å². The minimum atomic E-state index is 0.162. The Morgan fingerprint density at radius 2 is 2.00 bits per heavy atom. The smallest absolute Gasteiger partial charge is 0.293 e. The van der Waals surface area contributed by atoms with Crippen molar-refractivity contribution in [3.05, 3.63) is 0 Å². The molecule has 2 atom stereocenters. The zero-order chi connectivity index (χ0) is 7.07. The molecule has 0 saturated heterocycles. The lowest BCUT2D eigenvalue weighted by atomic mass is 10.1. The highest BCUT2D eigenvalue weighted by Crippen LogP contribution is 2.53. The molecule has 1 aliphatic rings. The molecule has 2 heteroatoms. The molecule has 0 radical (unpaired) electrons. The lowest BCUT2D eigenvalue weighted by Crippen LogP contribution is -1.98. The average Bonchev–Trinajstić information content (AvgIpc) is 2.19. The van der Waals surface area contributed by atoms with Gasteiger partial charge in [0.05, 0.1) is 0 Å². The summed E-state index contributed by atoms with van der Waals surface area (Å²) in [4.78, 5) is 9.87. The van der Waals surface area contributed by atoms with Crippen LogP contribution < -0.4 is 0 Å². The molecule has 1 saturated carbocycles. The van der Waals surface area contributed by atoms with Crippen molar-refractivity contribution in [2.24, 2.45) is 11.3 Å². The van der Waals surface area contributed by atoms with Gasteiger partial charge in [-0.3, -0.25) is 4.79 Å². The molecule has 52 valence electrons. The fourth-order valence-corrected chi connectivity index (χ4v) is 1.19. The maximum atomic E-state index is 9.87. The third-order valence-corrected chi connectivity index (χ3v) is 2.45. The van der Waals surface area contributed by atoms with Gasteiger partial charge in [-0.1, -0.05) is 20.8 Å². The van der Waals surface area contributed by atoms with Crippen LogP contribution in [0.15, 0.2) is 0 Å². The van der Waals surface area contributed by atoms with E-state index in [2.05, 4.69) is 20.8 Å². The first kappa shape index (κ1) is 6.59. The van der Waals surface area contributed by atoms with Crippen molar-refractivity contribution in [3.8, 4) is 0 Å². The van der Waals surface area contributed by atoms with E-state index >= 15 is 0 Å². The van der Waals surface area contributed by atoms with E-state index in [-0.39, 0.29) is 11.5 Å². The Morgan fingerprint density at radius 3 is 2.11 bits per heavy atom. The van der Waals surface area contributed by atoms with E-state index in [9.17, 15) is 4.79 Å². The summed E-state index contributed by atoms with van der Waals surface area (Å²) in [7, 11) is 0. The highest BCUT2D eigenvalue weighted by molar-refractivity contribution is 5.39. The first-order chi connectivity index (χ1) is 4.10. The fraction of sp³-hybridized carbons (Fsp3) is 0.857. The predicted molar refractivity (Wildman–Crippen MR) is 33.9 cm³/mol. The second kappa shape index (κ2) is 1.72. The minimum Gasteiger partial charge on any atom is -0.464 e. The molecule has 0 aromatic rings. The Kier molecular flexibility index (Phi) is 1.26. The summed E-state index contributed by atoms with van der Waals surface area (Å²) in [6.45, 7) is 6.84. The van der Waals surface area contributed by atoms with Gasteiger partial charge in [0.15, 0.2) is 0 Å². The third kappa shape index (κ3) is 0.824. The summed E-state index contributed by atoms with van der Waals surface area (Å²) < 4.78 is 4.80. The molecule has 1 fully saturated rings. The Hall–Kier alpha value is -0.530. The zero-order valence-corrected chi connectivity index (χ0v) is 6.05. The van der Waals surface area contributed by atoms with Gasteiger partial charge in [0.25, 0.3) is 6.47 Å². The van der Waals surface area contributed by atoms with Crippen LogP contribution in [-0.4, -0.2) is 12.6 Å². The number of carbonyl (C=O) groups is 1. The normalized spacial score (nSPS) is 37.7. The van der Waals surface area contributed by atoms with Crippen LogP contribution in [0.25, 0.3) is 0 Å². The molecule has 9 heavy (non-hydrogen) atoms. The summed E-state index contributed by atoms with van der Waals surface area (Å²) in [5.41, 5.74) is 0.223. The van der Waals surface area contributed by atoms with Crippen molar-refractivity contribution in [2.75, 3.05) is 0 Å². The Bertz CT molecular complexity index is 129. The van der Waals surface area contributed by atoms with Gasteiger partial charge in [0.2, 0.25) is 0 Å². The van der Waals surface area contributed by atoms with Gasteiger partial charge in [0.1, 0.15) is 6.10 Å². The van der Waals surface area contributed by atoms with Crippen LogP contribution in [0.1, 0.15) is 20.8 Å². The molecule has 0 aromatic heterocycles. The van der Waals surface area contributed by atoms with Crippen LogP contribution >= 0.6 is 0 Å². The zero-order valence-electron chi connectivity index (χ0n) is 6.05. The van der Waals surface area contributed by atoms with Crippen LogP contribution in [0.5, 0.6) is 0 Å². The Morgan fingerprint density at radius 1 is 1.56 bits per heavy atom. The number of carbonyl (C=O) groups excluding carboxylic acids is 1. The van der Waals surface area contributed by atoms with E-state index in [1.54, 1.807) is 0 Å². The van der Waals surface area contributed by atoms with Crippen molar-refractivity contribution >= 4 is 6.47 Å². The molecule has 0 aromatic carbocycles. The molecule has 0 heterocycles. The van der Waals surface area contributed by atoms with Crippen LogP contribution in [0.3, 0.4) is 0 Å². The van der Waals surface area contributed by atoms with Gasteiger partial charge >= 0.3 is 0 Å². The largest absolute Gasteiger partial charge is 0.464 e. The number of hydrogen-bond donors (Lipinski definition) is 0. The van der Waals surface area contributed by atoms with Crippen LogP contribution in [0.4, 0.5) is 0 Å². The second-order valence-electron chi connectivity index (χ2n) is 3.26. The maximum Gasteiger partial charge on any atom is 0.293 e. The SMILES string of the molecule is CC1C(OC=O)C1(C)C. The number of ether oxygens (including phenoxy) is 1. The second-order valence-corrected chi connectivity index (χ2v) is 3.26. The lowest BCUT2D eigenvalue weighted by molar-refractivity contribution is -0.131. The van der Waals surface area contributed by atoms with Crippen molar-refractivity contribution in [3.63, 3.8) is 0 Å². The van der Waals surface area contributed by atoms with Gasteiger partial charge in [-0.05, 0) is 0 Å². The summed E-state index contributed by atoms with van der Waals surface area (Å²) in [5, 5.41) is 0. The minimum absolute atomic E-state index is 0.162. The van der Waals surface area contributed by atoms with Crippen molar-refractivity contribution in [1.82, 2.24) is 0 Å². The van der Waals surface area contributed by atoms with Crippen molar-refractivity contribution < 1.29 is 9.53 Å². The molecule has 0 aliphatic heterocycles. The predicted octanol–water partition coefficient (Wildman–Crippen LogP) is 1.20. The molecule has 1 rings (SSSR count). The van der Waals surface area contributed by atoms with Gasteiger partial charge in [0, 0.05) is 11.3 Å². The van der Waals surface area contributed by atoms with E-state index in [4.69, 9.17) is 4.74 Å². The van der Waals surface area contributed by atoms with Gasteiger partial charge in [-0.15, -0.1) is 0 Å². The molecule has 0 bridgehead atoms. The van der Waals surface area contributed by atoms with Crippen LogP contribution in [-0.2, 0) is 9.53 Å². The molecule has 0 N–H and O–H groups in total. The highest BCUT2D eigenvalue weighted by Gasteiger charge is 2.56. The molecule has 2 nitrogen and oxygen atoms in total. The molecule has 1 aliphatic carbocycles. The Labute approximate surface area is 55.2 Å². The summed E-state index contributed by atoms with van der Waals surface area (Å²) in [6.07, 6.45) is 0.162. The van der Waals surface area contributed by atoms with Crippen molar-refractivity contribution in [2.45, 2.75) is 26.9 Å². The molecule has 2 unspecified atom stereocenters. The molecular formula is C7H12O2. The lowest BCUT2D eigenvalue weighted by Gasteiger charge is -1.97. The number of rotatable bonds is 2. The topological polar surface area (TPSA) is 26.3 Å². The molecule has 0 amide bonds. The molecular weight excluding hydrogens is 116 g/mol. The van der Waals surface area contributed by atoms with Gasteiger partial charge in [-0.2, -0.15) is 0 Å². The average molecular weight is 128 g/mol. The van der Waals surface area contributed by atoms with E-state index in [0.29, 0.717) is 12.4 Å². The maximum absolute atomic E-state index is 9.87. The summed E-state index contributed by atoms with van der Waals surface area (Å²) in [6, 6.07) is 0. The first-order valence-corrected chi connectivity index (χ1v) is 3.20. The Balaban J connectivity index is 2.42. The van der Waals surface area contributed by atoms with Crippen LogP contribution in [0.2, 0.25) is 0 Å². The highest BCUT2D eigenvalue weighted by atomic mass is 16.5. The quantitative estimate of drug-likeness (QED) is 0.522. The summed E-state index contributed by atoms with van der Waals surface area (Å²) in [5.74, 6) is 0.530.